The maximum Gasteiger partial charge on any atom is 0.420 e. The van der Waals surface area contributed by atoms with E-state index in [1.165, 1.54) is 31.2 Å². The minimum Gasteiger partial charge on any atom is -0.480 e. The number of hydrogen-bond donors (Lipinski definition) is 2. The monoisotopic (exact) mass is 322 g/mol. The van der Waals surface area contributed by atoms with Gasteiger partial charge >= 0.3 is 11.7 Å². The molecule has 122 valence electrons. The smallest absolute Gasteiger partial charge is 0.420 e. The molecule has 1 atom stereocenters. The van der Waals surface area contributed by atoms with Crippen LogP contribution in [-0.2, 0) is 16.1 Å². The zero-order valence-corrected chi connectivity index (χ0v) is 12.5. The molecule has 0 unspecified atom stereocenters. The lowest BCUT2D eigenvalue weighted by molar-refractivity contribution is -0.141. The Morgan fingerprint density at radius 1 is 1.35 bits per heavy atom. The number of carboxylic acids is 1. The number of aromatic nitrogens is 1. The van der Waals surface area contributed by atoms with E-state index in [0.717, 1.165) is 4.57 Å². The van der Waals surface area contributed by atoms with Crippen molar-refractivity contribution in [1.82, 2.24) is 9.88 Å². The Morgan fingerprint density at radius 3 is 2.52 bits per heavy atom. The molecule has 0 aliphatic rings. The average Bonchev–Trinajstić information content (AvgIpc) is 2.74. The number of benzene rings is 1. The fourth-order valence-corrected chi connectivity index (χ4v) is 2.12. The third kappa shape index (κ3) is 3.65. The Hall–Kier alpha value is -2.90. The number of aliphatic carboxylic acids is 1. The fraction of sp³-hybridized carbons (Fsp3) is 0.267. The number of nitrogens with zero attached hydrogens (tertiary/aromatic N) is 1. The van der Waals surface area contributed by atoms with Gasteiger partial charge in [0.1, 0.15) is 24.2 Å². The molecule has 2 aromatic rings. The third-order valence-electron chi connectivity index (χ3n) is 3.23. The quantitative estimate of drug-likeness (QED) is 0.859. The maximum absolute atomic E-state index is 13.0. The van der Waals surface area contributed by atoms with Gasteiger partial charge in [-0.2, -0.15) is 0 Å². The van der Waals surface area contributed by atoms with Crippen molar-refractivity contribution in [3.05, 3.63) is 46.4 Å². The molecule has 23 heavy (non-hydrogen) atoms. The van der Waals surface area contributed by atoms with Crippen molar-refractivity contribution in [3.8, 4) is 11.3 Å². The topological polar surface area (TPSA) is 102 Å². The number of nitrogens with one attached hydrogen (secondary N) is 1. The number of rotatable bonds is 5. The molecule has 0 aliphatic carbocycles. The minimum atomic E-state index is -1.19. The van der Waals surface area contributed by atoms with Crippen LogP contribution < -0.4 is 11.1 Å². The largest absolute Gasteiger partial charge is 0.480 e. The van der Waals surface area contributed by atoms with Crippen molar-refractivity contribution in [3.63, 3.8) is 0 Å². The van der Waals surface area contributed by atoms with Crippen LogP contribution in [0, 0.1) is 12.7 Å². The average molecular weight is 322 g/mol. The summed E-state index contributed by atoms with van der Waals surface area (Å²) in [6.45, 7) is 2.46. The second-order valence-electron chi connectivity index (χ2n) is 4.99. The maximum atomic E-state index is 13.0. The molecule has 0 saturated heterocycles. The number of aryl methyl sites for hydroxylation is 1. The SMILES string of the molecule is Cc1oc(=O)n(CC(=O)N[C@@H](C)C(=O)O)c1-c1ccc(F)cc1. The van der Waals surface area contributed by atoms with Crippen LogP contribution >= 0.6 is 0 Å². The summed E-state index contributed by atoms with van der Waals surface area (Å²) in [5.41, 5.74) is 0.849. The molecule has 1 amide bonds. The molecule has 1 heterocycles. The summed E-state index contributed by atoms with van der Waals surface area (Å²) in [6.07, 6.45) is 0. The molecule has 0 spiro atoms. The van der Waals surface area contributed by atoms with Crippen molar-refractivity contribution in [2.45, 2.75) is 26.4 Å². The predicted molar refractivity (Wildman–Crippen MR) is 78.3 cm³/mol. The molecule has 0 saturated carbocycles. The number of oxazole rings is 1. The lowest BCUT2D eigenvalue weighted by Gasteiger charge is -2.11. The Kier molecular flexibility index (Phi) is 4.63. The van der Waals surface area contributed by atoms with E-state index in [9.17, 15) is 18.8 Å². The van der Waals surface area contributed by atoms with Crippen LogP contribution in [0.25, 0.3) is 11.3 Å². The van der Waals surface area contributed by atoms with Gasteiger partial charge in [-0.15, -0.1) is 0 Å². The number of hydrogen-bond acceptors (Lipinski definition) is 4. The molecule has 2 rings (SSSR count). The second kappa shape index (κ2) is 6.47. The van der Waals surface area contributed by atoms with Gasteiger partial charge in [-0.05, 0) is 38.1 Å². The number of amides is 1. The first-order valence-electron chi connectivity index (χ1n) is 6.78. The highest BCUT2D eigenvalue weighted by atomic mass is 19.1. The van der Waals surface area contributed by atoms with Crippen molar-refractivity contribution in [1.29, 1.82) is 0 Å². The van der Waals surface area contributed by atoms with Gasteiger partial charge in [-0.1, -0.05) is 0 Å². The van der Waals surface area contributed by atoms with E-state index >= 15 is 0 Å². The van der Waals surface area contributed by atoms with E-state index in [1.807, 2.05) is 0 Å². The zero-order chi connectivity index (χ0) is 17.1. The van der Waals surface area contributed by atoms with E-state index < -0.39 is 36.0 Å². The second-order valence-corrected chi connectivity index (χ2v) is 4.99. The van der Waals surface area contributed by atoms with Gasteiger partial charge < -0.3 is 14.8 Å². The minimum absolute atomic E-state index is 0.278. The van der Waals surface area contributed by atoms with Gasteiger partial charge in [-0.3, -0.25) is 14.2 Å². The Morgan fingerprint density at radius 2 is 1.96 bits per heavy atom. The lowest BCUT2D eigenvalue weighted by Crippen LogP contribution is -2.41. The molecule has 0 fully saturated rings. The molecule has 7 nitrogen and oxygen atoms in total. The molecular formula is C15H15FN2O5. The van der Waals surface area contributed by atoms with E-state index in [-0.39, 0.29) is 5.76 Å². The standard InChI is InChI=1S/C15H15FN2O5/c1-8(14(20)21)17-12(19)7-18-13(9(2)23-15(18)22)10-3-5-11(16)6-4-10/h3-6,8H,7H2,1-2H3,(H,17,19)(H,20,21)/t8-/m0/s1. The van der Waals surface area contributed by atoms with Crippen molar-refractivity contribution >= 4 is 11.9 Å². The summed E-state index contributed by atoms with van der Waals surface area (Å²) in [5, 5.41) is 11.0. The van der Waals surface area contributed by atoms with Crippen LogP contribution in [0.4, 0.5) is 4.39 Å². The van der Waals surface area contributed by atoms with E-state index in [1.54, 1.807) is 6.92 Å². The van der Waals surface area contributed by atoms with Crippen molar-refractivity contribution in [2.75, 3.05) is 0 Å². The molecule has 0 bridgehead atoms. The van der Waals surface area contributed by atoms with Crippen LogP contribution in [0.15, 0.2) is 33.5 Å². The van der Waals surface area contributed by atoms with Gasteiger partial charge in [0.15, 0.2) is 0 Å². The molecule has 0 radical (unpaired) electrons. The highest BCUT2D eigenvalue weighted by Gasteiger charge is 2.20. The van der Waals surface area contributed by atoms with Gasteiger partial charge in [0.25, 0.3) is 0 Å². The first-order chi connectivity index (χ1) is 10.8. The highest BCUT2D eigenvalue weighted by Crippen LogP contribution is 2.22. The number of carboxylic acid groups (broad SMARTS) is 1. The highest BCUT2D eigenvalue weighted by molar-refractivity contribution is 5.83. The van der Waals surface area contributed by atoms with Crippen LogP contribution in [0.1, 0.15) is 12.7 Å². The van der Waals surface area contributed by atoms with Gasteiger partial charge in [-0.25, -0.2) is 9.18 Å². The first-order valence-corrected chi connectivity index (χ1v) is 6.78. The molecule has 2 N–H and O–H groups in total. The van der Waals surface area contributed by atoms with Crippen LogP contribution in [0.3, 0.4) is 0 Å². The molecular weight excluding hydrogens is 307 g/mol. The van der Waals surface area contributed by atoms with E-state index in [2.05, 4.69) is 5.32 Å². The molecule has 1 aromatic carbocycles. The molecule has 0 aliphatic heterocycles. The summed E-state index contributed by atoms with van der Waals surface area (Å²) in [7, 11) is 0. The molecule has 1 aromatic heterocycles. The van der Waals surface area contributed by atoms with E-state index in [0.29, 0.717) is 11.3 Å². The Labute approximate surface area is 130 Å². The van der Waals surface area contributed by atoms with Crippen molar-refractivity contribution < 1.29 is 23.5 Å². The summed E-state index contributed by atoms with van der Waals surface area (Å²) in [6, 6.07) is 4.29. The van der Waals surface area contributed by atoms with E-state index in [4.69, 9.17) is 9.52 Å². The summed E-state index contributed by atoms with van der Waals surface area (Å²) in [4.78, 5) is 34.5. The summed E-state index contributed by atoms with van der Waals surface area (Å²) < 4.78 is 19.1. The van der Waals surface area contributed by atoms with Crippen LogP contribution in [0.2, 0.25) is 0 Å². The van der Waals surface area contributed by atoms with Gasteiger partial charge in [0, 0.05) is 5.56 Å². The fourth-order valence-electron chi connectivity index (χ4n) is 2.12. The number of carbonyl (C=O) groups excluding carboxylic acids is 1. The van der Waals surface area contributed by atoms with Crippen LogP contribution in [-0.4, -0.2) is 27.6 Å². The molecule has 8 heteroatoms. The Bertz CT molecular complexity index is 791. The Balaban J connectivity index is 2.32. The van der Waals surface area contributed by atoms with Crippen LogP contribution in [0.5, 0.6) is 0 Å². The zero-order valence-electron chi connectivity index (χ0n) is 12.5. The number of carbonyl (C=O) groups is 2. The predicted octanol–water partition coefficient (Wildman–Crippen LogP) is 1.15. The number of halogens is 1. The normalized spacial score (nSPS) is 12.0. The lowest BCUT2D eigenvalue weighted by atomic mass is 10.1. The van der Waals surface area contributed by atoms with Gasteiger partial charge in [0.2, 0.25) is 5.91 Å². The third-order valence-corrected chi connectivity index (χ3v) is 3.23. The van der Waals surface area contributed by atoms with Gasteiger partial charge in [0.05, 0.1) is 5.69 Å². The summed E-state index contributed by atoms with van der Waals surface area (Å²) in [5.74, 6) is -2.74. The van der Waals surface area contributed by atoms with Crippen molar-refractivity contribution in [2.24, 2.45) is 0 Å². The first kappa shape index (κ1) is 16.5. The summed E-state index contributed by atoms with van der Waals surface area (Å²) >= 11 is 0.